The van der Waals surface area contributed by atoms with E-state index in [1.54, 1.807) is 24.1 Å². The molecule has 0 radical (unpaired) electrons. The van der Waals surface area contributed by atoms with E-state index < -0.39 is 0 Å². The smallest absolute Gasteiger partial charge is 0.254 e. The van der Waals surface area contributed by atoms with Crippen molar-refractivity contribution in [3.05, 3.63) is 94.9 Å². The van der Waals surface area contributed by atoms with Crippen LogP contribution in [0.1, 0.15) is 33.0 Å². The Bertz CT molecular complexity index is 912. The van der Waals surface area contributed by atoms with Crippen molar-refractivity contribution in [1.82, 2.24) is 4.90 Å². The van der Waals surface area contributed by atoms with E-state index in [2.05, 4.69) is 11.8 Å². The lowest BCUT2D eigenvalue weighted by Crippen LogP contribution is -2.25. The minimum absolute atomic E-state index is 0.0448. The lowest BCUT2D eigenvalue weighted by molar-refractivity contribution is 0.0775. The van der Waals surface area contributed by atoms with Crippen LogP contribution in [0.2, 0.25) is 0 Å². The molecule has 0 spiro atoms. The highest BCUT2D eigenvalue weighted by molar-refractivity contribution is 5.94. The average molecular weight is 329 g/mol. The van der Waals surface area contributed by atoms with E-state index in [1.807, 2.05) is 61.5 Å². The van der Waals surface area contributed by atoms with Gasteiger partial charge in [0.05, 0.1) is 6.54 Å². The van der Waals surface area contributed by atoms with E-state index in [9.17, 15) is 4.79 Å². The zero-order valence-electron chi connectivity index (χ0n) is 14.3. The van der Waals surface area contributed by atoms with E-state index in [0.717, 1.165) is 22.6 Å². The van der Waals surface area contributed by atoms with Crippen molar-refractivity contribution in [2.45, 2.75) is 13.5 Å². The average Bonchev–Trinajstić information content (AvgIpc) is 3.05. The molecule has 1 aromatic heterocycles. The van der Waals surface area contributed by atoms with Gasteiger partial charge >= 0.3 is 0 Å². The SMILES string of the molecule is Cc1ccc(CN(C)C(=O)c2ccc(C#Cc3ccccc3)cc2)o1. The first-order chi connectivity index (χ1) is 12.1. The highest BCUT2D eigenvalue weighted by Gasteiger charge is 2.13. The van der Waals surface area contributed by atoms with Gasteiger partial charge in [0.25, 0.3) is 5.91 Å². The second-order valence-electron chi connectivity index (χ2n) is 5.87. The summed E-state index contributed by atoms with van der Waals surface area (Å²) in [6.07, 6.45) is 0. The number of nitrogens with zero attached hydrogens (tertiary/aromatic N) is 1. The topological polar surface area (TPSA) is 33.5 Å². The molecule has 25 heavy (non-hydrogen) atoms. The number of amides is 1. The number of rotatable bonds is 3. The Balaban J connectivity index is 1.67. The Kier molecular flexibility index (Phi) is 5.01. The summed E-state index contributed by atoms with van der Waals surface area (Å²) in [7, 11) is 1.77. The van der Waals surface area contributed by atoms with Gasteiger partial charge < -0.3 is 9.32 Å². The maximum atomic E-state index is 12.5. The van der Waals surface area contributed by atoms with Crippen LogP contribution in [0.25, 0.3) is 0 Å². The lowest BCUT2D eigenvalue weighted by Gasteiger charge is -2.15. The number of hydrogen-bond acceptors (Lipinski definition) is 2. The van der Waals surface area contributed by atoms with Crippen LogP contribution in [0.5, 0.6) is 0 Å². The molecule has 0 saturated carbocycles. The van der Waals surface area contributed by atoms with Gasteiger partial charge in [-0.25, -0.2) is 0 Å². The van der Waals surface area contributed by atoms with Crippen molar-refractivity contribution in [3.8, 4) is 11.8 Å². The zero-order valence-corrected chi connectivity index (χ0v) is 14.3. The predicted octanol–water partition coefficient (Wildman–Crippen LogP) is 4.26. The number of furan rings is 1. The molecular weight excluding hydrogens is 310 g/mol. The number of benzene rings is 2. The largest absolute Gasteiger partial charge is 0.464 e. The zero-order chi connectivity index (χ0) is 17.6. The number of aryl methyl sites for hydroxylation is 1. The fourth-order valence-corrected chi connectivity index (χ4v) is 2.46. The fourth-order valence-electron chi connectivity index (χ4n) is 2.46. The van der Waals surface area contributed by atoms with Crippen LogP contribution in [0.4, 0.5) is 0 Å². The molecular formula is C22H19NO2. The third-order valence-electron chi connectivity index (χ3n) is 3.79. The standard InChI is InChI=1S/C22H19NO2/c1-17-8-15-21(25-17)16-23(2)22(24)20-13-11-19(12-14-20)10-9-18-6-4-3-5-7-18/h3-8,11-15H,16H2,1-2H3. The molecule has 1 heterocycles. The summed E-state index contributed by atoms with van der Waals surface area (Å²) >= 11 is 0. The second-order valence-corrected chi connectivity index (χ2v) is 5.87. The summed E-state index contributed by atoms with van der Waals surface area (Å²) in [6, 6.07) is 21.0. The Morgan fingerprint density at radius 3 is 2.16 bits per heavy atom. The van der Waals surface area contributed by atoms with Gasteiger partial charge in [-0.15, -0.1) is 0 Å². The van der Waals surface area contributed by atoms with Gasteiger partial charge in [0.2, 0.25) is 0 Å². The van der Waals surface area contributed by atoms with E-state index in [4.69, 9.17) is 4.42 Å². The van der Waals surface area contributed by atoms with E-state index in [0.29, 0.717) is 12.1 Å². The summed E-state index contributed by atoms with van der Waals surface area (Å²) < 4.78 is 5.52. The molecule has 3 aromatic rings. The molecule has 0 unspecified atom stereocenters. The van der Waals surface area contributed by atoms with Gasteiger partial charge in [0.1, 0.15) is 11.5 Å². The third kappa shape index (κ3) is 4.39. The first kappa shape index (κ1) is 16.6. The van der Waals surface area contributed by atoms with Crippen LogP contribution in [0.15, 0.2) is 71.1 Å². The van der Waals surface area contributed by atoms with Crippen molar-refractivity contribution in [2.24, 2.45) is 0 Å². The van der Waals surface area contributed by atoms with Gasteiger partial charge in [-0.05, 0) is 55.5 Å². The predicted molar refractivity (Wildman–Crippen MR) is 98.1 cm³/mol. The number of carbonyl (C=O) groups excluding carboxylic acids is 1. The highest BCUT2D eigenvalue weighted by Crippen LogP contribution is 2.12. The molecule has 0 aliphatic rings. The summed E-state index contributed by atoms with van der Waals surface area (Å²) in [4.78, 5) is 14.1. The second kappa shape index (κ2) is 7.55. The van der Waals surface area contributed by atoms with E-state index >= 15 is 0 Å². The van der Waals surface area contributed by atoms with Gasteiger partial charge in [-0.1, -0.05) is 30.0 Å². The van der Waals surface area contributed by atoms with Crippen molar-refractivity contribution < 1.29 is 9.21 Å². The molecule has 0 saturated heterocycles. The van der Waals surface area contributed by atoms with Gasteiger partial charge in [0, 0.05) is 23.7 Å². The van der Waals surface area contributed by atoms with E-state index in [1.165, 1.54) is 0 Å². The van der Waals surface area contributed by atoms with Crippen LogP contribution in [-0.2, 0) is 6.54 Å². The Morgan fingerprint density at radius 1 is 0.920 bits per heavy atom. The number of hydrogen-bond donors (Lipinski definition) is 0. The highest BCUT2D eigenvalue weighted by atomic mass is 16.3. The van der Waals surface area contributed by atoms with Crippen LogP contribution in [0, 0.1) is 18.8 Å². The molecule has 0 aliphatic heterocycles. The molecule has 1 amide bonds. The minimum atomic E-state index is -0.0448. The summed E-state index contributed by atoms with van der Waals surface area (Å²) in [5.41, 5.74) is 2.48. The van der Waals surface area contributed by atoms with Crippen molar-refractivity contribution in [3.63, 3.8) is 0 Å². The molecule has 124 valence electrons. The first-order valence-electron chi connectivity index (χ1n) is 8.10. The van der Waals surface area contributed by atoms with Crippen LogP contribution < -0.4 is 0 Å². The van der Waals surface area contributed by atoms with Crippen molar-refractivity contribution in [1.29, 1.82) is 0 Å². The third-order valence-corrected chi connectivity index (χ3v) is 3.79. The van der Waals surface area contributed by atoms with Crippen molar-refractivity contribution in [2.75, 3.05) is 7.05 Å². The van der Waals surface area contributed by atoms with Crippen molar-refractivity contribution >= 4 is 5.91 Å². The van der Waals surface area contributed by atoms with Crippen LogP contribution in [-0.4, -0.2) is 17.9 Å². The number of carbonyl (C=O) groups is 1. The van der Waals surface area contributed by atoms with E-state index in [-0.39, 0.29) is 5.91 Å². The summed E-state index contributed by atoms with van der Waals surface area (Å²) in [5.74, 6) is 7.80. The Labute approximate surface area is 147 Å². The fraction of sp³-hybridized carbons (Fsp3) is 0.136. The molecule has 0 aliphatic carbocycles. The molecule has 2 aromatic carbocycles. The quantitative estimate of drug-likeness (QED) is 0.673. The molecule has 0 N–H and O–H groups in total. The molecule has 0 fully saturated rings. The van der Waals surface area contributed by atoms with Gasteiger partial charge in [-0.3, -0.25) is 4.79 Å². The van der Waals surface area contributed by atoms with Gasteiger partial charge in [0.15, 0.2) is 0 Å². The Morgan fingerprint density at radius 2 is 1.56 bits per heavy atom. The van der Waals surface area contributed by atoms with Crippen LogP contribution in [0.3, 0.4) is 0 Å². The monoisotopic (exact) mass is 329 g/mol. The minimum Gasteiger partial charge on any atom is -0.464 e. The first-order valence-corrected chi connectivity index (χ1v) is 8.10. The Hall–Kier alpha value is -3.25. The summed E-state index contributed by atoms with van der Waals surface area (Å²) in [5, 5.41) is 0. The lowest BCUT2D eigenvalue weighted by atomic mass is 10.1. The molecule has 3 rings (SSSR count). The maximum Gasteiger partial charge on any atom is 0.254 e. The van der Waals surface area contributed by atoms with Gasteiger partial charge in [-0.2, -0.15) is 0 Å². The molecule has 3 nitrogen and oxygen atoms in total. The summed E-state index contributed by atoms with van der Waals surface area (Å²) in [6.45, 7) is 2.34. The normalized spacial score (nSPS) is 10.0. The molecule has 0 atom stereocenters. The molecule has 3 heteroatoms. The maximum absolute atomic E-state index is 12.5. The molecule has 0 bridgehead atoms. The van der Waals surface area contributed by atoms with Crippen LogP contribution >= 0.6 is 0 Å².